The average Bonchev–Trinajstić information content (AvgIpc) is 2.38. The van der Waals surface area contributed by atoms with Crippen LogP contribution in [0.15, 0.2) is 24.3 Å². The molecule has 0 radical (unpaired) electrons. The van der Waals surface area contributed by atoms with Crippen LogP contribution in [0.4, 0.5) is 11.4 Å². The Labute approximate surface area is 106 Å². The summed E-state index contributed by atoms with van der Waals surface area (Å²) >= 11 is 0. The molecular weight excluding hydrogens is 228 g/mol. The van der Waals surface area contributed by atoms with Gasteiger partial charge in [0.05, 0.1) is 24.0 Å². The highest BCUT2D eigenvalue weighted by Crippen LogP contribution is 2.33. The van der Waals surface area contributed by atoms with Crippen molar-refractivity contribution in [2.45, 2.75) is 31.7 Å². The fraction of sp³-hybridized carbons (Fsp3) is 0.429. The van der Waals surface area contributed by atoms with Gasteiger partial charge in [-0.3, -0.25) is 9.59 Å². The Balaban J connectivity index is 1.96. The number of fused-ring (bicyclic) bond motifs is 1. The molecule has 1 unspecified atom stereocenters. The van der Waals surface area contributed by atoms with Crippen molar-refractivity contribution in [1.29, 1.82) is 0 Å². The molecule has 1 fully saturated rings. The number of benzene rings is 1. The number of nitrogens with one attached hydrogen (secondary N) is 1. The van der Waals surface area contributed by atoms with Gasteiger partial charge in [-0.1, -0.05) is 18.6 Å². The maximum Gasteiger partial charge on any atom is 0.243 e. The van der Waals surface area contributed by atoms with Crippen LogP contribution >= 0.6 is 0 Å². The van der Waals surface area contributed by atoms with Gasteiger partial charge in [-0.2, -0.15) is 0 Å². The first-order valence-electron chi connectivity index (χ1n) is 6.44. The average molecular weight is 244 g/mol. The predicted molar refractivity (Wildman–Crippen MR) is 69.7 cm³/mol. The highest BCUT2D eigenvalue weighted by atomic mass is 16.2. The second kappa shape index (κ2) is 4.44. The van der Waals surface area contributed by atoms with E-state index in [2.05, 4.69) is 5.32 Å². The second-order valence-corrected chi connectivity index (χ2v) is 4.92. The van der Waals surface area contributed by atoms with Gasteiger partial charge in [0.25, 0.3) is 0 Å². The van der Waals surface area contributed by atoms with E-state index in [1.807, 2.05) is 29.2 Å². The number of anilines is 2. The van der Waals surface area contributed by atoms with Crippen molar-refractivity contribution in [3.8, 4) is 0 Å². The molecule has 3 rings (SSSR count). The van der Waals surface area contributed by atoms with Crippen LogP contribution in [0.1, 0.15) is 25.7 Å². The zero-order valence-electron chi connectivity index (χ0n) is 10.2. The van der Waals surface area contributed by atoms with Crippen molar-refractivity contribution in [1.82, 2.24) is 0 Å². The van der Waals surface area contributed by atoms with Gasteiger partial charge in [0.15, 0.2) is 5.78 Å². The van der Waals surface area contributed by atoms with E-state index in [9.17, 15) is 9.59 Å². The molecule has 1 amide bonds. The number of ketones is 1. The Morgan fingerprint density at radius 1 is 1.17 bits per heavy atom. The van der Waals surface area contributed by atoms with E-state index in [0.717, 1.165) is 30.6 Å². The molecule has 1 aliphatic heterocycles. The van der Waals surface area contributed by atoms with Gasteiger partial charge in [-0.05, 0) is 25.0 Å². The number of Topliss-reactive ketones (excluding diaryl/α,β-unsaturated/α-hetero) is 1. The van der Waals surface area contributed by atoms with E-state index in [1.54, 1.807) is 0 Å². The first-order valence-corrected chi connectivity index (χ1v) is 6.44. The minimum Gasteiger partial charge on any atom is -0.350 e. The first-order chi connectivity index (χ1) is 8.75. The number of carbonyl (C=O) groups excluding carboxylic acids is 2. The minimum absolute atomic E-state index is 0.0351. The van der Waals surface area contributed by atoms with Gasteiger partial charge in [-0.25, -0.2) is 0 Å². The Morgan fingerprint density at radius 3 is 2.83 bits per heavy atom. The molecule has 0 aromatic heterocycles. The lowest BCUT2D eigenvalue weighted by molar-refractivity contribution is -0.121. The van der Waals surface area contributed by atoms with Crippen LogP contribution in [-0.4, -0.2) is 24.3 Å². The number of para-hydroxylation sites is 2. The highest BCUT2D eigenvalue weighted by Gasteiger charge is 2.33. The molecule has 1 aliphatic carbocycles. The zero-order chi connectivity index (χ0) is 12.5. The molecule has 1 aromatic rings. The summed E-state index contributed by atoms with van der Waals surface area (Å²) in [4.78, 5) is 25.7. The minimum atomic E-state index is -0.119. The molecule has 2 aliphatic rings. The summed E-state index contributed by atoms with van der Waals surface area (Å²) in [6.45, 7) is 0.285. The fourth-order valence-corrected chi connectivity index (χ4v) is 2.83. The van der Waals surface area contributed by atoms with Gasteiger partial charge in [0, 0.05) is 6.42 Å². The molecule has 94 valence electrons. The monoisotopic (exact) mass is 244 g/mol. The van der Waals surface area contributed by atoms with Crippen LogP contribution in [0.5, 0.6) is 0 Å². The maximum absolute atomic E-state index is 12.0. The van der Waals surface area contributed by atoms with Crippen molar-refractivity contribution in [3.63, 3.8) is 0 Å². The van der Waals surface area contributed by atoms with Gasteiger partial charge in [-0.15, -0.1) is 0 Å². The molecule has 1 saturated carbocycles. The second-order valence-electron chi connectivity index (χ2n) is 4.92. The summed E-state index contributed by atoms with van der Waals surface area (Å²) in [6, 6.07) is 7.57. The summed E-state index contributed by atoms with van der Waals surface area (Å²) in [7, 11) is 0. The van der Waals surface area contributed by atoms with E-state index in [4.69, 9.17) is 0 Å². The lowest BCUT2D eigenvalue weighted by Gasteiger charge is -2.38. The molecule has 0 saturated heterocycles. The molecule has 1 atom stereocenters. The summed E-state index contributed by atoms with van der Waals surface area (Å²) in [5.41, 5.74) is 1.78. The first kappa shape index (κ1) is 11.3. The van der Waals surface area contributed by atoms with E-state index in [1.165, 1.54) is 0 Å². The van der Waals surface area contributed by atoms with Crippen LogP contribution in [0, 0.1) is 0 Å². The molecule has 0 bridgehead atoms. The van der Waals surface area contributed by atoms with Gasteiger partial charge in [0.1, 0.15) is 0 Å². The van der Waals surface area contributed by atoms with Crippen molar-refractivity contribution in [3.05, 3.63) is 24.3 Å². The number of hydrogen-bond donors (Lipinski definition) is 1. The summed E-state index contributed by atoms with van der Waals surface area (Å²) < 4.78 is 0. The SMILES string of the molecule is O=C1CN(C2CCCCC2=O)c2ccccc2N1. The Hall–Kier alpha value is -1.84. The van der Waals surface area contributed by atoms with Crippen LogP contribution in [-0.2, 0) is 9.59 Å². The number of rotatable bonds is 1. The Morgan fingerprint density at radius 2 is 2.00 bits per heavy atom. The third kappa shape index (κ3) is 1.88. The number of amides is 1. The quantitative estimate of drug-likeness (QED) is 0.821. The highest BCUT2D eigenvalue weighted by molar-refractivity contribution is 6.03. The largest absolute Gasteiger partial charge is 0.350 e. The fourth-order valence-electron chi connectivity index (χ4n) is 2.83. The third-order valence-corrected chi connectivity index (χ3v) is 3.70. The van der Waals surface area contributed by atoms with E-state index in [-0.39, 0.29) is 24.3 Å². The third-order valence-electron chi connectivity index (χ3n) is 3.70. The number of nitrogens with zero attached hydrogens (tertiary/aromatic N) is 1. The topological polar surface area (TPSA) is 49.4 Å². The standard InChI is InChI=1S/C14H16N2O2/c17-13-8-4-3-7-12(13)16-9-14(18)15-10-5-1-2-6-11(10)16/h1-2,5-6,12H,3-4,7-9H2,(H,15,18). The normalized spacial score (nSPS) is 23.6. The van der Waals surface area contributed by atoms with Crippen LogP contribution in [0.3, 0.4) is 0 Å². The smallest absolute Gasteiger partial charge is 0.243 e. The summed E-state index contributed by atoms with van der Waals surface area (Å²) in [5.74, 6) is 0.234. The maximum atomic E-state index is 12.0. The molecule has 1 N–H and O–H groups in total. The zero-order valence-corrected chi connectivity index (χ0v) is 10.2. The molecule has 1 heterocycles. The lowest BCUT2D eigenvalue weighted by Crippen LogP contribution is -2.49. The van der Waals surface area contributed by atoms with Gasteiger partial charge < -0.3 is 10.2 Å². The van der Waals surface area contributed by atoms with Crippen LogP contribution < -0.4 is 10.2 Å². The van der Waals surface area contributed by atoms with Gasteiger partial charge in [0.2, 0.25) is 5.91 Å². The predicted octanol–water partition coefficient (Wildman–Crippen LogP) is 1.96. The van der Waals surface area contributed by atoms with Gasteiger partial charge >= 0.3 is 0 Å². The van der Waals surface area contributed by atoms with Crippen LogP contribution in [0.25, 0.3) is 0 Å². The molecule has 4 heteroatoms. The molecule has 1 aromatic carbocycles. The number of carbonyl (C=O) groups is 2. The molecule has 4 nitrogen and oxygen atoms in total. The Bertz CT molecular complexity index is 498. The molecular formula is C14H16N2O2. The lowest BCUT2D eigenvalue weighted by atomic mass is 9.92. The molecule has 0 spiro atoms. The summed E-state index contributed by atoms with van der Waals surface area (Å²) in [5, 5.41) is 2.85. The van der Waals surface area contributed by atoms with Crippen molar-refractivity contribution in [2.75, 3.05) is 16.8 Å². The van der Waals surface area contributed by atoms with Crippen molar-refractivity contribution in [2.24, 2.45) is 0 Å². The van der Waals surface area contributed by atoms with E-state index >= 15 is 0 Å². The van der Waals surface area contributed by atoms with Crippen molar-refractivity contribution >= 4 is 23.1 Å². The summed E-state index contributed by atoms with van der Waals surface area (Å²) in [6.07, 6.45) is 3.55. The van der Waals surface area contributed by atoms with E-state index < -0.39 is 0 Å². The molecule has 18 heavy (non-hydrogen) atoms. The number of hydrogen-bond acceptors (Lipinski definition) is 3. The Kier molecular flexibility index (Phi) is 2.78. The van der Waals surface area contributed by atoms with E-state index in [0.29, 0.717) is 6.42 Å². The van der Waals surface area contributed by atoms with Crippen LogP contribution in [0.2, 0.25) is 0 Å². The van der Waals surface area contributed by atoms with Crippen molar-refractivity contribution < 1.29 is 9.59 Å².